The SMILES string of the molecule is O=C1c2ccccc2C(=O)N1C=CF. The second-order valence-electron chi connectivity index (χ2n) is 2.80. The lowest BCUT2D eigenvalue weighted by atomic mass is 10.1. The molecule has 0 atom stereocenters. The average molecular weight is 191 g/mol. The van der Waals surface area contributed by atoms with Gasteiger partial charge in [-0.15, -0.1) is 0 Å². The zero-order valence-electron chi connectivity index (χ0n) is 7.11. The van der Waals surface area contributed by atoms with Gasteiger partial charge in [0.15, 0.2) is 0 Å². The zero-order chi connectivity index (χ0) is 10.1. The smallest absolute Gasteiger partial charge is 0.265 e. The van der Waals surface area contributed by atoms with Crippen LogP contribution in [0.25, 0.3) is 0 Å². The van der Waals surface area contributed by atoms with Crippen molar-refractivity contribution in [3.63, 3.8) is 0 Å². The quantitative estimate of drug-likeness (QED) is 0.634. The van der Waals surface area contributed by atoms with Gasteiger partial charge in [-0.25, -0.2) is 9.29 Å². The summed E-state index contributed by atoms with van der Waals surface area (Å²) in [6.07, 6.45) is 0.992. The zero-order valence-corrected chi connectivity index (χ0v) is 7.11. The predicted molar refractivity (Wildman–Crippen MR) is 47.2 cm³/mol. The third kappa shape index (κ3) is 1.04. The predicted octanol–water partition coefficient (Wildman–Crippen LogP) is 1.72. The first-order chi connectivity index (χ1) is 6.75. The van der Waals surface area contributed by atoms with Gasteiger partial charge in [-0.05, 0) is 12.1 Å². The maximum Gasteiger partial charge on any atom is 0.265 e. The molecule has 1 aliphatic heterocycles. The molecule has 14 heavy (non-hydrogen) atoms. The highest BCUT2D eigenvalue weighted by Gasteiger charge is 2.33. The number of imide groups is 1. The van der Waals surface area contributed by atoms with Crippen LogP contribution in [0.15, 0.2) is 36.8 Å². The number of hydrogen-bond acceptors (Lipinski definition) is 2. The molecule has 0 bridgehead atoms. The summed E-state index contributed by atoms with van der Waals surface area (Å²) in [7, 11) is 0. The van der Waals surface area contributed by atoms with E-state index in [-0.39, 0.29) is 6.33 Å². The molecule has 0 spiro atoms. The molecule has 2 rings (SSSR count). The largest absolute Gasteiger partial charge is 0.268 e. The van der Waals surface area contributed by atoms with E-state index in [0.29, 0.717) is 11.1 Å². The van der Waals surface area contributed by atoms with E-state index in [0.717, 1.165) is 11.1 Å². The summed E-state index contributed by atoms with van der Waals surface area (Å²) >= 11 is 0. The van der Waals surface area contributed by atoms with Gasteiger partial charge in [0.05, 0.1) is 11.1 Å². The lowest BCUT2D eigenvalue weighted by molar-refractivity contribution is 0.0719. The van der Waals surface area contributed by atoms with Crippen LogP contribution in [-0.4, -0.2) is 16.7 Å². The Morgan fingerprint density at radius 1 is 1.07 bits per heavy atom. The Bertz CT molecular complexity index is 405. The highest BCUT2D eigenvalue weighted by Crippen LogP contribution is 2.22. The fraction of sp³-hybridized carbons (Fsp3) is 0. The van der Waals surface area contributed by atoms with Crippen LogP contribution in [0, 0.1) is 0 Å². The van der Waals surface area contributed by atoms with Crippen LogP contribution < -0.4 is 0 Å². The van der Waals surface area contributed by atoms with Crippen LogP contribution in [-0.2, 0) is 0 Å². The second-order valence-corrected chi connectivity index (χ2v) is 2.80. The third-order valence-electron chi connectivity index (χ3n) is 2.03. The highest BCUT2D eigenvalue weighted by molar-refractivity contribution is 6.21. The average Bonchev–Trinajstić information content (AvgIpc) is 2.45. The molecule has 0 aliphatic carbocycles. The van der Waals surface area contributed by atoms with Gasteiger partial charge >= 0.3 is 0 Å². The number of hydrogen-bond donors (Lipinski definition) is 0. The van der Waals surface area contributed by atoms with Gasteiger partial charge in [-0.1, -0.05) is 12.1 Å². The molecule has 70 valence electrons. The number of carbonyl (C=O) groups is 2. The standard InChI is InChI=1S/C10H6FNO2/c11-5-6-12-9(13)7-3-1-2-4-8(7)10(12)14/h1-6H. The van der Waals surface area contributed by atoms with E-state index in [9.17, 15) is 14.0 Å². The normalized spacial score (nSPS) is 15.4. The van der Waals surface area contributed by atoms with E-state index in [1.807, 2.05) is 0 Å². The lowest BCUT2D eigenvalue weighted by Gasteiger charge is -2.04. The molecule has 1 aromatic carbocycles. The van der Waals surface area contributed by atoms with Gasteiger partial charge in [0.2, 0.25) is 0 Å². The Labute approximate surface area is 79.4 Å². The van der Waals surface area contributed by atoms with Crippen LogP contribution in [0.1, 0.15) is 20.7 Å². The minimum Gasteiger partial charge on any atom is -0.268 e. The minimum atomic E-state index is -0.487. The Kier molecular flexibility index (Phi) is 1.89. The van der Waals surface area contributed by atoms with E-state index in [2.05, 4.69) is 0 Å². The molecular formula is C10H6FNO2. The summed E-state index contributed by atoms with van der Waals surface area (Å²) in [6, 6.07) is 6.41. The van der Waals surface area contributed by atoms with Gasteiger partial charge in [0.25, 0.3) is 11.8 Å². The second kappa shape index (κ2) is 3.06. The molecule has 4 heteroatoms. The topological polar surface area (TPSA) is 37.4 Å². The van der Waals surface area contributed by atoms with Crippen molar-refractivity contribution in [1.29, 1.82) is 0 Å². The van der Waals surface area contributed by atoms with Gasteiger partial charge in [-0.3, -0.25) is 9.59 Å². The number of halogens is 1. The van der Waals surface area contributed by atoms with Crippen molar-refractivity contribution >= 4 is 11.8 Å². The maximum atomic E-state index is 11.9. The summed E-state index contributed by atoms with van der Waals surface area (Å²) < 4.78 is 11.9. The van der Waals surface area contributed by atoms with E-state index >= 15 is 0 Å². The van der Waals surface area contributed by atoms with Crippen molar-refractivity contribution in [2.24, 2.45) is 0 Å². The van der Waals surface area contributed by atoms with Gasteiger partial charge in [0.1, 0.15) is 6.33 Å². The third-order valence-corrected chi connectivity index (χ3v) is 2.03. The molecule has 0 aromatic heterocycles. The first-order valence-corrected chi connectivity index (χ1v) is 3.99. The van der Waals surface area contributed by atoms with Crippen molar-refractivity contribution in [1.82, 2.24) is 4.90 Å². The van der Waals surface area contributed by atoms with Crippen LogP contribution in [0.4, 0.5) is 4.39 Å². The highest BCUT2D eigenvalue weighted by atomic mass is 19.1. The number of amides is 2. The summed E-state index contributed by atoms with van der Waals surface area (Å²) in [5, 5.41) is 0. The van der Waals surface area contributed by atoms with Crippen molar-refractivity contribution in [3.05, 3.63) is 47.9 Å². The Morgan fingerprint density at radius 2 is 1.57 bits per heavy atom. The van der Waals surface area contributed by atoms with Crippen LogP contribution in [0.3, 0.4) is 0 Å². The Hall–Kier alpha value is -1.97. The summed E-state index contributed by atoms with van der Waals surface area (Å²) in [5.41, 5.74) is 0.631. The molecular weight excluding hydrogens is 185 g/mol. The Morgan fingerprint density at radius 3 is 2.00 bits per heavy atom. The molecule has 0 saturated heterocycles. The molecule has 0 fully saturated rings. The van der Waals surface area contributed by atoms with Crippen molar-refractivity contribution in [2.45, 2.75) is 0 Å². The first-order valence-electron chi connectivity index (χ1n) is 3.99. The summed E-state index contributed by atoms with van der Waals surface area (Å²) in [6.45, 7) is 0. The van der Waals surface area contributed by atoms with E-state index < -0.39 is 11.8 Å². The number of nitrogens with zero attached hydrogens (tertiary/aromatic N) is 1. The fourth-order valence-electron chi connectivity index (χ4n) is 1.40. The van der Waals surface area contributed by atoms with Crippen molar-refractivity contribution < 1.29 is 14.0 Å². The van der Waals surface area contributed by atoms with Gasteiger partial charge < -0.3 is 0 Å². The van der Waals surface area contributed by atoms with Crippen LogP contribution in [0.5, 0.6) is 0 Å². The van der Waals surface area contributed by atoms with Crippen LogP contribution >= 0.6 is 0 Å². The number of rotatable bonds is 1. The summed E-state index contributed by atoms with van der Waals surface area (Å²) in [5.74, 6) is -0.973. The van der Waals surface area contributed by atoms with Gasteiger partial charge in [0, 0.05) is 6.20 Å². The maximum absolute atomic E-state index is 11.9. The fourth-order valence-corrected chi connectivity index (χ4v) is 1.40. The van der Waals surface area contributed by atoms with E-state index in [1.54, 1.807) is 24.3 Å². The monoisotopic (exact) mass is 191 g/mol. The van der Waals surface area contributed by atoms with E-state index in [1.165, 1.54) is 0 Å². The molecule has 1 aliphatic rings. The van der Waals surface area contributed by atoms with Crippen LogP contribution in [0.2, 0.25) is 0 Å². The molecule has 0 saturated carbocycles. The number of carbonyl (C=O) groups excluding carboxylic acids is 2. The molecule has 1 heterocycles. The molecule has 3 nitrogen and oxygen atoms in total. The molecule has 0 radical (unpaired) electrons. The number of fused-ring (bicyclic) bond motifs is 1. The molecule has 0 N–H and O–H groups in total. The molecule has 0 unspecified atom stereocenters. The lowest BCUT2D eigenvalue weighted by Crippen LogP contribution is -2.23. The van der Waals surface area contributed by atoms with Crippen molar-refractivity contribution in [2.75, 3.05) is 0 Å². The van der Waals surface area contributed by atoms with E-state index in [4.69, 9.17) is 0 Å². The van der Waals surface area contributed by atoms with Gasteiger partial charge in [-0.2, -0.15) is 0 Å². The molecule has 2 amide bonds. The Balaban J connectivity index is 2.53. The number of benzene rings is 1. The molecule has 1 aromatic rings. The first kappa shape index (κ1) is 8.62. The summed E-state index contributed by atoms with van der Waals surface area (Å²) in [4.78, 5) is 23.7. The minimum absolute atomic E-state index is 0.168. The van der Waals surface area contributed by atoms with Crippen molar-refractivity contribution in [3.8, 4) is 0 Å².